The summed E-state index contributed by atoms with van der Waals surface area (Å²) in [4.78, 5) is 4.00. The average Bonchev–Trinajstić information content (AvgIpc) is 3.02. The number of hydrogen-bond acceptors (Lipinski definition) is 4. The van der Waals surface area contributed by atoms with Crippen molar-refractivity contribution in [2.75, 3.05) is 0 Å². The minimum Gasteiger partial charge on any atom is -0.486 e. The van der Waals surface area contributed by atoms with Gasteiger partial charge in [-0.05, 0) is 47.5 Å². The summed E-state index contributed by atoms with van der Waals surface area (Å²) in [6.45, 7) is 0.302. The second kappa shape index (κ2) is 5.93. The lowest BCUT2D eigenvalue weighted by Gasteiger charge is -2.06. The second-order valence-electron chi connectivity index (χ2n) is 4.43. The zero-order valence-corrected chi connectivity index (χ0v) is 11.2. The van der Waals surface area contributed by atoms with Crippen molar-refractivity contribution in [1.29, 1.82) is 5.26 Å². The van der Waals surface area contributed by atoms with Crippen molar-refractivity contribution < 1.29 is 9.15 Å². The molecule has 4 nitrogen and oxygen atoms in total. The van der Waals surface area contributed by atoms with Crippen LogP contribution in [0.25, 0.3) is 11.1 Å². The molecule has 102 valence electrons. The van der Waals surface area contributed by atoms with Gasteiger partial charge in [-0.25, -0.2) is 0 Å². The van der Waals surface area contributed by atoms with Crippen LogP contribution in [-0.4, -0.2) is 4.98 Å². The van der Waals surface area contributed by atoms with Crippen molar-refractivity contribution in [3.63, 3.8) is 0 Å². The third kappa shape index (κ3) is 3.10. The fourth-order valence-corrected chi connectivity index (χ4v) is 1.96. The molecular formula is C17H12N2O2. The third-order valence-corrected chi connectivity index (χ3v) is 3.02. The Hall–Kier alpha value is -3.06. The summed E-state index contributed by atoms with van der Waals surface area (Å²) in [7, 11) is 0. The van der Waals surface area contributed by atoms with E-state index < -0.39 is 0 Å². The smallest absolute Gasteiger partial charge is 0.203 e. The zero-order chi connectivity index (χ0) is 14.5. The number of aromatic nitrogens is 1. The summed E-state index contributed by atoms with van der Waals surface area (Å²) >= 11 is 0. The lowest BCUT2D eigenvalue weighted by atomic mass is 10.1. The molecule has 0 fully saturated rings. The van der Waals surface area contributed by atoms with E-state index in [9.17, 15) is 0 Å². The molecule has 0 saturated carbocycles. The van der Waals surface area contributed by atoms with Crippen LogP contribution in [0.15, 0.2) is 65.3 Å². The van der Waals surface area contributed by atoms with Crippen molar-refractivity contribution in [3.05, 3.63) is 72.4 Å². The molecule has 0 unspecified atom stereocenters. The number of benzene rings is 1. The number of nitriles is 1. The van der Waals surface area contributed by atoms with Gasteiger partial charge < -0.3 is 9.15 Å². The molecule has 3 rings (SSSR count). The molecule has 0 radical (unpaired) electrons. The van der Waals surface area contributed by atoms with Crippen LogP contribution >= 0.6 is 0 Å². The van der Waals surface area contributed by atoms with Gasteiger partial charge in [-0.1, -0.05) is 12.1 Å². The number of pyridine rings is 1. The van der Waals surface area contributed by atoms with Crippen molar-refractivity contribution in [1.82, 2.24) is 4.98 Å². The Morgan fingerprint density at radius 1 is 0.952 bits per heavy atom. The van der Waals surface area contributed by atoms with Gasteiger partial charge in [-0.3, -0.25) is 4.98 Å². The summed E-state index contributed by atoms with van der Waals surface area (Å²) in [5.41, 5.74) is 2.22. The molecule has 0 atom stereocenters. The van der Waals surface area contributed by atoms with Crippen LogP contribution in [0, 0.1) is 11.3 Å². The van der Waals surface area contributed by atoms with Gasteiger partial charge in [-0.15, -0.1) is 0 Å². The normalized spacial score (nSPS) is 10.0. The standard InChI is InChI=1S/C17H12N2O2/c18-11-16-5-6-17(21-16)12-20-15-3-1-13(2-4-15)14-7-9-19-10-8-14/h1-10H,12H2. The maximum Gasteiger partial charge on any atom is 0.203 e. The predicted octanol–water partition coefficient (Wildman–Crippen LogP) is 3.79. The van der Waals surface area contributed by atoms with E-state index in [4.69, 9.17) is 14.4 Å². The minimum absolute atomic E-state index is 0.293. The maximum atomic E-state index is 8.69. The highest BCUT2D eigenvalue weighted by Gasteiger charge is 2.03. The molecule has 2 heterocycles. The van der Waals surface area contributed by atoms with E-state index in [0.29, 0.717) is 18.1 Å². The molecule has 0 saturated heterocycles. The highest BCUT2D eigenvalue weighted by atomic mass is 16.5. The molecule has 3 aromatic rings. The lowest BCUT2D eigenvalue weighted by Crippen LogP contribution is -1.93. The first kappa shape index (κ1) is 12.9. The SMILES string of the molecule is N#Cc1ccc(COc2ccc(-c3ccncc3)cc2)o1. The number of nitrogens with zero attached hydrogens (tertiary/aromatic N) is 2. The number of furan rings is 1. The van der Waals surface area contributed by atoms with E-state index in [1.54, 1.807) is 24.5 Å². The number of hydrogen-bond donors (Lipinski definition) is 0. The van der Waals surface area contributed by atoms with E-state index >= 15 is 0 Å². The van der Waals surface area contributed by atoms with Crippen molar-refractivity contribution in [2.24, 2.45) is 0 Å². The first-order valence-electron chi connectivity index (χ1n) is 6.47. The van der Waals surface area contributed by atoms with Crippen LogP contribution in [0.4, 0.5) is 0 Å². The summed E-state index contributed by atoms with van der Waals surface area (Å²) in [5.74, 6) is 1.68. The summed E-state index contributed by atoms with van der Waals surface area (Å²) in [6.07, 6.45) is 3.53. The molecular weight excluding hydrogens is 264 g/mol. The third-order valence-electron chi connectivity index (χ3n) is 3.02. The van der Waals surface area contributed by atoms with Crippen LogP contribution in [-0.2, 0) is 6.61 Å². The number of ether oxygens (including phenoxy) is 1. The highest BCUT2D eigenvalue weighted by molar-refractivity contribution is 5.63. The van der Waals surface area contributed by atoms with Crippen LogP contribution in [0.1, 0.15) is 11.5 Å². The van der Waals surface area contributed by atoms with Gasteiger partial charge in [0.05, 0.1) is 0 Å². The molecule has 0 N–H and O–H groups in total. The Morgan fingerprint density at radius 2 is 1.67 bits per heavy atom. The van der Waals surface area contributed by atoms with Crippen molar-refractivity contribution >= 4 is 0 Å². The molecule has 0 spiro atoms. The maximum absolute atomic E-state index is 8.69. The zero-order valence-electron chi connectivity index (χ0n) is 11.2. The molecule has 1 aromatic carbocycles. The summed E-state index contributed by atoms with van der Waals surface area (Å²) < 4.78 is 10.9. The van der Waals surface area contributed by atoms with Crippen molar-refractivity contribution in [2.45, 2.75) is 6.61 Å². The molecule has 2 aromatic heterocycles. The Labute approximate surface area is 122 Å². The van der Waals surface area contributed by atoms with Crippen molar-refractivity contribution in [3.8, 4) is 22.9 Å². The predicted molar refractivity (Wildman–Crippen MR) is 77.4 cm³/mol. The molecule has 0 aliphatic carbocycles. The topological polar surface area (TPSA) is 59.0 Å². The molecule has 21 heavy (non-hydrogen) atoms. The fourth-order valence-electron chi connectivity index (χ4n) is 1.96. The minimum atomic E-state index is 0.293. The van der Waals surface area contributed by atoms with E-state index in [0.717, 1.165) is 16.9 Å². The van der Waals surface area contributed by atoms with Gasteiger partial charge in [-0.2, -0.15) is 5.26 Å². The van der Waals surface area contributed by atoms with E-state index in [-0.39, 0.29) is 0 Å². The largest absolute Gasteiger partial charge is 0.486 e. The first-order valence-corrected chi connectivity index (χ1v) is 6.47. The van der Waals surface area contributed by atoms with Gasteiger partial charge in [0.25, 0.3) is 0 Å². The van der Waals surface area contributed by atoms with Gasteiger partial charge in [0, 0.05) is 12.4 Å². The Bertz CT molecular complexity index is 755. The Balaban J connectivity index is 1.66. The summed E-state index contributed by atoms with van der Waals surface area (Å²) in [6, 6.07) is 17.0. The number of rotatable bonds is 4. The van der Waals surface area contributed by atoms with Crippen LogP contribution < -0.4 is 4.74 Å². The highest BCUT2D eigenvalue weighted by Crippen LogP contribution is 2.22. The van der Waals surface area contributed by atoms with E-state index in [1.165, 1.54) is 0 Å². The fraction of sp³-hybridized carbons (Fsp3) is 0.0588. The average molecular weight is 276 g/mol. The lowest BCUT2D eigenvalue weighted by molar-refractivity contribution is 0.269. The molecule has 0 aliphatic rings. The molecule has 4 heteroatoms. The first-order chi connectivity index (χ1) is 10.3. The van der Waals surface area contributed by atoms with Gasteiger partial charge in [0.1, 0.15) is 24.2 Å². The van der Waals surface area contributed by atoms with Gasteiger partial charge in [0.2, 0.25) is 5.76 Å². The quantitative estimate of drug-likeness (QED) is 0.727. The van der Waals surface area contributed by atoms with Gasteiger partial charge in [0.15, 0.2) is 0 Å². The summed E-state index contributed by atoms with van der Waals surface area (Å²) in [5, 5.41) is 8.69. The Morgan fingerprint density at radius 3 is 2.33 bits per heavy atom. The van der Waals surface area contributed by atoms with E-state index in [1.807, 2.05) is 42.5 Å². The van der Waals surface area contributed by atoms with E-state index in [2.05, 4.69) is 4.98 Å². The molecule has 0 aliphatic heterocycles. The van der Waals surface area contributed by atoms with Crippen LogP contribution in [0.2, 0.25) is 0 Å². The second-order valence-corrected chi connectivity index (χ2v) is 4.43. The molecule has 0 bridgehead atoms. The van der Waals surface area contributed by atoms with Gasteiger partial charge >= 0.3 is 0 Å². The van der Waals surface area contributed by atoms with Crippen LogP contribution in [0.3, 0.4) is 0 Å². The van der Waals surface area contributed by atoms with Crippen LogP contribution in [0.5, 0.6) is 5.75 Å². The molecule has 0 amide bonds. The Kier molecular flexibility index (Phi) is 3.66. The monoisotopic (exact) mass is 276 g/mol.